The van der Waals surface area contributed by atoms with Gasteiger partial charge in [0.1, 0.15) is 0 Å². The van der Waals surface area contributed by atoms with Gasteiger partial charge in [0.2, 0.25) is 0 Å². The van der Waals surface area contributed by atoms with Gasteiger partial charge in [0.05, 0.1) is 6.61 Å². The summed E-state index contributed by atoms with van der Waals surface area (Å²) in [6, 6.07) is 1.68. The summed E-state index contributed by atoms with van der Waals surface area (Å²) in [5.74, 6) is 0.612. The van der Waals surface area contributed by atoms with Gasteiger partial charge in [-0.25, -0.2) is 0 Å². The predicted molar refractivity (Wildman–Crippen MR) is 75.5 cm³/mol. The van der Waals surface area contributed by atoms with E-state index in [4.69, 9.17) is 4.74 Å². The summed E-state index contributed by atoms with van der Waals surface area (Å²) in [7, 11) is 1.77. The number of hydrogen-bond acceptors (Lipinski definition) is 3. The highest BCUT2D eigenvalue weighted by atomic mass is 16.5. The van der Waals surface area contributed by atoms with Crippen molar-refractivity contribution in [1.29, 1.82) is 0 Å². The number of ether oxygens (including phenoxy) is 1. The quantitative estimate of drug-likeness (QED) is 0.674. The lowest BCUT2D eigenvalue weighted by atomic mass is 10.1. The summed E-state index contributed by atoms with van der Waals surface area (Å²) >= 11 is 0. The molecule has 0 fully saturated rings. The van der Waals surface area contributed by atoms with Crippen molar-refractivity contribution in [2.75, 3.05) is 26.8 Å². The fourth-order valence-corrected chi connectivity index (χ4v) is 2.16. The van der Waals surface area contributed by atoms with E-state index in [2.05, 4.69) is 51.8 Å². The highest BCUT2D eigenvalue weighted by Gasteiger charge is 2.15. The molecular formula is C14H32N2O. The minimum Gasteiger partial charge on any atom is -0.383 e. The largest absolute Gasteiger partial charge is 0.383 e. The van der Waals surface area contributed by atoms with Gasteiger partial charge in [-0.3, -0.25) is 4.90 Å². The Hall–Kier alpha value is -0.120. The molecule has 0 spiro atoms. The maximum atomic E-state index is 5.24. The van der Waals surface area contributed by atoms with Crippen LogP contribution < -0.4 is 5.32 Å². The molecule has 3 nitrogen and oxygen atoms in total. The summed E-state index contributed by atoms with van der Waals surface area (Å²) in [4.78, 5) is 2.51. The third kappa shape index (κ3) is 7.02. The average molecular weight is 244 g/mol. The Morgan fingerprint density at radius 2 is 1.53 bits per heavy atom. The molecule has 0 aliphatic rings. The van der Waals surface area contributed by atoms with Crippen LogP contribution in [0.4, 0.5) is 0 Å². The molecule has 0 rings (SSSR count). The number of rotatable bonds is 9. The number of nitrogens with one attached hydrogen (secondary N) is 1. The second-order valence-electron chi connectivity index (χ2n) is 5.69. The Bertz CT molecular complexity index is 173. The van der Waals surface area contributed by atoms with E-state index in [0.717, 1.165) is 19.7 Å². The number of hydrogen-bond donors (Lipinski definition) is 1. The molecule has 0 aliphatic carbocycles. The standard InChI is InChI=1S/C14H32N2O/c1-11(2)14(10-17-7)15-8-9-16(12(3)4)13(5)6/h11-15H,8-10H2,1-7H3. The van der Waals surface area contributed by atoms with Crippen molar-refractivity contribution in [3.05, 3.63) is 0 Å². The first-order chi connectivity index (χ1) is 7.90. The van der Waals surface area contributed by atoms with Gasteiger partial charge in [-0.15, -0.1) is 0 Å². The Balaban J connectivity index is 4.00. The number of methoxy groups -OCH3 is 1. The molecule has 0 saturated carbocycles. The van der Waals surface area contributed by atoms with Crippen LogP contribution >= 0.6 is 0 Å². The summed E-state index contributed by atoms with van der Waals surface area (Å²) in [5, 5.41) is 3.59. The first-order valence-corrected chi connectivity index (χ1v) is 6.88. The molecule has 0 saturated heterocycles. The maximum absolute atomic E-state index is 5.24. The second-order valence-corrected chi connectivity index (χ2v) is 5.69. The molecule has 0 aromatic heterocycles. The van der Waals surface area contributed by atoms with Gasteiger partial charge < -0.3 is 10.1 Å². The number of nitrogens with zero attached hydrogens (tertiary/aromatic N) is 1. The second kappa shape index (κ2) is 8.90. The van der Waals surface area contributed by atoms with Gasteiger partial charge in [0.25, 0.3) is 0 Å². The monoisotopic (exact) mass is 244 g/mol. The molecule has 1 atom stereocenters. The third-order valence-electron chi connectivity index (χ3n) is 3.25. The summed E-state index contributed by atoms with van der Waals surface area (Å²) in [6.07, 6.45) is 0. The van der Waals surface area contributed by atoms with Gasteiger partial charge >= 0.3 is 0 Å². The van der Waals surface area contributed by atoms with E-state index in [-0.39, 0.29) is 0 Å². The molecule has 17 heavy (non-hydrogen) atoms. The molecule has 0 bridgehead atoms. The molecule has 1 N–H and O–H groups in total. The van der Waals surface area contributed by atoms with Crippen LogP contribution in [0.15, 0.2) is 0 Å². The highest BCUT2D eigenvalue weighted by Crippen LogP contribution is 2.05. The lowest BCUT2D eigenvalue weighted by Gasteiger charge is -2.31. The van der Waals surface area contributed by atoms with Gasteiger partial charge in [0.15, 0.2) is 0 Å². The smallest absolute Gasteiger partial charge is 0.0618 e. The zero-order chi connectivity index (χ0) is 13.4. The minimum atomic E-state index is 0.459. The molecule has 0 amide bonds. The van der Waals surface area contributed by atoms with Gasteiger partial charge in [0, 0.05) is 38.3 Å². The van der Waals surface area contributed by atoms with Crippen LogP contribution in [0.5, 0.6) is 0 Å². The van der Waals surface area contributed by atoms with Crippen molar-refractivity contribution < 1.29 is 4.74 Å². The summed E-state index contributed by atoms with van der Waals surface area (Å²) in [6.45, 7) is 16.4. The summed E-state index contributed by atoms with van der Waals surface area (Å²) < 4.78 is 5.24. The molecule has 3 heteroatoms. The van der Waals surface area contributed by atoms with Gasteiger partial charge in [-0.2, -0.15) is 0 Å². The van der Waals surface area contributed by atoms with Crippen molar-refractivity contribution in [2.24, 2.45) is 5.92 Å². The van der Waals surface area contributed by atoms with Crippen LogP contribution in [0.2, 0.25) is 0 Å². The maximum Gasteiger partial charge on any atom is 0.0618 e. The van der Waals surface area contributed by atoms with Crippen LogP contribution in [-0.2, 0) is 4.74 Å². The van der Waals surface area contributed by atoms with Crippen LogP contribution in [0.25, 0.3) is 0 Å². The molecule has 1 unspecified atom stereocenters. The van der Waals surface area contributed by atoms with E-state index in [1.807, 2.05) is 0 Å². The molecular weight excluding hydrogens is 212 g/mol. The van der Waals surface area contributed by atoms with Crippen LogP contribution in [-0.4, -0.2) is 49.8 Å². The third-order valence-corrected chi connectivity index (χ3v) is 3.25. The van der Waals surface area contributed by atoms with E-state index in [1.165, 1.54) is 0 Å². The van der Waals surface area contributed by atoms with Crippen LogP contribution in [0.1, 0.15) is 41.5 Å². The van der Waals surface area contributed by atoms with Crippen molar-refractivity contribution in [3.8, 4) is 0 Å². The zero-order valence-electron chi connectivity index (χ0n) is 12.8. The molecule has 0 radical (unpaired) electrons. The Morgan fingerprint density at radius 3 is 1.88 bits per heavy atom. The molecule has 0 aromatic carbocycles. The highest BCUT2D eigenvalue weighted by molar-refractivity contribution is 4.73. The molecule has 0 heterocycles. The van der Waals surface area contributed by atoms with E-state index in [0.29, 0.717) is 24.0 Å². The van der Waals surface area contributed by atoms with E-state index >= 15 is 0 Å². The van der Waals surface area contributed by atoms with Crippen molar-refractivity contribution in [2.45, 2.75) is 59.7 Å². The molecule has 0 aromatic rings. The lowest BCUT2D eigenvalue weighted by molar-refractivity contribution is 0.135. The Labute approximate surface area is 108 Å². The fourth-order valence-electron chi connectivity index (χ4n) is 2.16. The van der Waals surface area contributed by atoms with Crippen molar-refractivity contribution >= 4 is 0 Å². The van der Waals surface area contributed by atoms with Crippen LogP contribution in [0.3, 0.4) is 0 Å². The Kier molecular flexibility index (Phi) is 8.83. The first kappa shape index (κ1) is 16.9. The van der Waals surface area contributed by atoms with Gasteiger partial charge in [-0.05, 0) is 33.6 Å². The SMILES string of the molecule is COCC(NCCN(C(C)C)C(C)C)C(C)C. The summed E-state index contributed by atoms with van der Waals surface area (Å²) in [5.41, 5.74) is 0. The molecule has 0 aliphatic heterocycles. The van der Waals surface area contributed by atoms with E-state index < -0.39 is 0 Å². The average Bonchev–Trinajstić information content (AvgIpc) is 2.20. The van der Waals surface area contributed by atoms with Crippen LogP contribution in [0, 0.1) is 5.92 Å². The topological polar surface area (TPSA) is 24.5 Å². The van der Waals surface area contributed by atoms with Gasteiger partial charge in [-0.1, -0.05) is 13.8 Å². The molecule has 104 valence electrons. The van der Waals surface area contributed by atoms with E-state index in [9.17, 15) is 0 Å². The van der Waals surface area contributed by atoms with E-state index in [1.54, 1.807) is 7.11 Å². The first-order valence-electron chi connectivity index (χ1n) is 6.88. The zero-order valence-corrected chi connectivity index (χ0v) is 12.8. The van der Waals surface area contributed by atoms with Crippen molar-refractivity contribution in [3.63, 3.8) is 0 Å². The Morgan fingerprint density at radius 1 is 1.00 bits per heavy atom. The van der Waals surface area contributed by atoms with Crippen molar-refractivity contribution in [1.82, 2.24) is 10.2 Å². The lowest BCUT2D eigenvalue weighted by Crippen LogP contribution is -2.45. The normalized spacial score (nSPS) is 14.3. The predicted octanol–water partition coefficient (Wildman–Crippen LogP) is 2.37. The minimum absolute atomic E-state index is 0.459. The fraction of sp³-hybridized carbons (Fsp3) is 1.00.